The first-order valence-corrected chi connectivity index (χ1v) is 5.88. The van der Waals surface area contributed by atoms with Gasteiger partial charge in [-0.3, -0.25) is 0 Å². The molecule has 0 unspecified atom stereocenters. The Morgan fingerprint density at radius 3 is 2.80 bits per heavy atom. The molecule has 0 atom stereocenters. The van der Waals surface area contributed by atoms with Crippen molar-refractivity contribution in [2.75, 3.05) is 6.26 Å². The lowest BCUT2D eigenvalue weighted by Crippen LogP contribution is -2.13. The highest BCUT2D eigenvalue weighted by molar-refractivity contribution is 7.98. The quantitative estimate of drug-likeness (QED) is 0.739. The van der Waals surface area contributed by atoms with Gasteiger partial charge in [-0.2, -0.15) is 0 Å². The fourth-order valence-electron chi connectivity index (χ4n) is 1.23. The molecule has 2 aromatic rings. The van der Waals surface area contributed by atoms with E-state index in [2.05, 4.69) is 5.10 Å². The molecule has 0 fully saturated rings. The minimum Gasteiger partial charge on any atom is -0.391 e. The molecule has 3 nitrogen and oxygen atoms in total. The van der Waals surface area contributed by atoms with E-state index in [1.165, 1.54) is 0 Å². The van der Waals surface area contributed by atoms with Gasteiger partial charge in [0.15, 0.2) is 0 Å². The van der Waals surface area contributed by atoms with Gasteiger partial charge in [0.1, 0.15) is 11.6 Å². The minimum absolute atomic E-state index is 0.538. The zero-order chi connectivity index (χ0) is 10.5. The summed E-state index contributed by atoms with van der Waals surface area (Å²) in [6, 6.07) is 12.0. The van der Waals surface area contributed by atoms with E-state index in [0.717, 1.165) is 10.6 Å². The summed E-state index contributed by atoms with van der Waals surface area (Å²) in [7, 11) is 0. The molecule has 0 spiro atoms. The molecule has 1 aromatic heterocycles. The van der Waals surface area contributed by atoms with E-state index in [0.29, 0.717) is 6.61 Å². The van der Waals surface area contributed by atoms with Gasteiger partial charge in [-0.25, -0.2) is 0 Å². The van der Waals surface area contributed by atoms with Crippen LogP contribution in [0.25, 0.3) is 0 Å². The maximum atomic E-state index is 5.54. The molecule has 1 heterocycles. The minimum atomic E-state index is 0.538. The number of nitrogens with zero attached hydrogens (tertiary/aromatic N) is 2. The molecular formula is C11H12N2OS. The molecule has 0 aliphatic rings. The van der Waals surface area contributed by atoms with E-state index in [1.807, 2.05) is 42.7 Å². The first kappa shape index (κ1) is 10.1. The zero-order valence-corrected chi connectivity index (χ0v) is 9.28. The van der Waals surface area contributed by atoms with Crippen molar-refractivity contribution in [3.05, 3.63) is 48.2 Å². The summed E-state index contributed by atoms with van der Waals surface area (Å²) in [4.78, 5) is 7.09. The fourth-order valence-corrected chi connectivity index (χ4v) is 1.68. The molecule has 2 rings (SSSR count). The Hall–Kier alpha value is -1.42. The van der Waals surface area contributed by atoms with Crippen LogP contribution in [0.2, 0.25) is 0 Å². The van der Waals surface area contributed by atoms with Crippen molar-refractivity contribution in [1.29, 1.82) is 0 Å². The number of thioether (sulfide) groups is 1. The van der Waals surface area contributed by atoms with Crippen molar-refractivity contribution in [3.63, 3.8) is 0 Å². The van der Waals surface area contributed by atoms with Crippen molar-refractivity contribution in [1.82, 2.24) is 9.94 Å². The molecule has 0 aliphatic heterocycles. The van der Waals surface area contributed by atoms with Crippen molar-refractivity contribution in [3.8, 4) is 0 Å². The first-order chi connectivity index (χ1) is 7.40. The van der Waals surface area contributed by atoms with Gasteiger partial charge in [0, 0.05) is 0 Å². The highest BCUT2D eigenvalue weighted by atomic mass is 32.2. The summed E-state index contributed by atoms with van der Waals surface area (Å²) in [5, 5.41) is 5.08. The Labute approximate surface area is 93.0 Å². The summed E-state index contributed by atoms with van der Waals surface area (Å²) in [5.74, 6) is 0. The molecule has 0 bridgehead atoms. The van der Waals surface area contributed by atoms with Crippen LogP contribution in [0.15, 0.2) is 47.6 Å². The maximum absolute atomic E-state index is 5.54. The Kier molecular flexibility index (Phi) is 3.29. The van der Waals surface area contributed by atoms with Gasteiger partial charge >= 0.3 is 0 Å². The smallest absolute Gasteiger partial charge is 0.142 e. The van der Waals surface area contributed by atoms with Gasteiger partial charge in [0.25, 0.3) is 0 Å². The normalized spacial score (nSPS) is 10.2. The summed E-state index contributed by atoms with van der Waals surface area (Å²) in [6.45, 7) is 0.538. The van der Waals surface area contributed by atoms with E-state index in [-0.39, 0.29) is 0 Å². The standard InChI is InChI=1S/C11H12N2OS/c1-15-11-7-8-12-13(11)14-9-10-5-3-2-4-6-10/h2-8H,9H2,1H3. The monoisotopic (exact) mass is 220 g/mol. The second kappa shape index (κ2) is 4.89. The average Bonchev–Trinajstić information content (AvgIpc) is 2.75. The van der Waals surface area contributed by atoms with Crippen LogP contribution < -0.4 is 4.84 Å². The van der Waals surface area contributed by atoms with E-state index in [1.54, 1.807) is 22.8 Å². The molecule has 0 saturated carbocycles. The first-order valence-electron chi connectivity index (χ1n) is 4.65. The largest absolute Gasteiger partial charge is 0.391 e. The van der Waals surface area contributed by atoms with Gasteiger partial charge in [-0.15, -0.1) is 16.9 Å². The second-order valence-electron chi connectivity index (χ2n) is 3.01. The van der Waals surface area contributed by atoms with Crippen LogP contribution in [-0.4, -0.2) is 16.2 Å². The Bertz CT molecular complexity index is 414. The predicted molar refractivity (Wildman–Crippen MR) is 60.7 cm³/mol. The Morgan fingerprint density at radius 1 is 1.27 bits per heavy atom. The molecule has 15 heavy (non-hydrogen) atoms. The number of hydrogen-bond acceptors (Lipinski definition) is 3. The summed E-state index contributed by atoms with van der Waals surface area (Å²) >= 11 is 1.61. The van der Waals surface area contributed by atoms with Crippen molar-refractivity contribution >= 4 is 11.8 Å². The maximum Gasteiger partial charge on any atom is 0.142 e. The molecule has 0 amide bonds. The lowest BCUT2D eigenvalue weighted by Gasteiger charge is -2.07. The highest BCUT2D eigenvalue weighted by Gasteiger charge is 2.01. The summed E-state index contributed by atoms with van der Waals surface area (Å²) in [6.07, 6.45) is 3.73. The van der Waals surface area contributed by atoms with E-state index in [9.17, 15) is 0 Å². The SMILES string of the molecule is CSc1ccnn1OCc1ccccc1. The number of rotatable bonds is 4. The third-order valence-corrected chi connectivity index (χ3v) is 2.69. The fraction of sp³-hybridized carbons (Fsp3) is 0.182. The molecule has 0 N–H and O–H groups in total. The number of hydrogen-bond donors (Lipinski definition) is 0. The van der Waals surface area contributed by atoms with Crippen LogP contribution in [0.5, 0.6) is 0 Å². The second-order valence-corrected chi connectivity index (χ2v) is 3.83. The Balaban J connectivity index is 1.99. The molecule has 1 aromatic carbocycles. The van der Waals surface area contributed by atoms with Crippen LogP contribution in [-0.2, 0) is 6.61 Å². The molecule has 78 valence electrons. The van der Waals surface area contributed by atoms with Crippen LogP contribution in [0.3, 0.4) is 0 Å². The van der Waals surface area contributed by atoms with Crippen LogP contribution in [0.4, 0.5) is 0 Å². The molecule has 0 aliphatic carbocycles. The van der Waals surface area contributed by atoms with Gasteiger partial charge in [-0.1, -0.05) is 35.2 Å². The predicted octanol–water partition coefficient (Wildman–Crippen LogP) is 2.23. The van der Waals surface area contributed by atoms with Crippen molar-refractivity contribution in [2.24, 2.45) is 0 Å². The van der Waals surface area contributed by atoms with Gasteiger partial charge < -0.3 is 4.84 Å². The van der Waals surface area contributed by atoms with E-state index in [4.69, 9.17) is 4.84 Å². The van der Waals surface area contributed by atoms with Gasteiger partial charge in [0.2, 0.25) is 0 Å². The lowest BCUT2D eigenvalue weighted by atomic mass is 10.2. The number of aromatic nitrogens is 2. The van der Waals surface area contributed by atoms with Crippen LogP contribution in [0.1, 0.15) is 5.56 Å². The van der Waals surface area contributed by atoms with Crippen molar-refractivity contribution < 1.29 is 4.84 Å². The van der Waals surface area contributed by atoms with E-state index < -0.39 is 0 Å². The highest BCUT2D eigenvalue weighted by Crippen LogP contribution is 2.12. The summed E-state index contributed by atoms with van der Waals surface area (Å²) < 4.78 is 0. The molecule has 4 heteroatoms. The molecular weight excluding hydrogens is 208 g/mol. The van der Waals surface area contributed by atoms with Crippen LogP contribution >= 0.6 is 11.8 Å². The third kappa shape index (κ3) is 2.53. The van der Waals surface area contributed by atoms with Gasteiger partial charge in [-0.05, 0) is 17.9 Å². The summed E-state index contributed by atoms with van der Waals surface area (Å²) in [5.41, 5.74) is 1.14. The Morgan fingerprint density at radius 2 is 2.07 bits per heavy atom. The number of benzene rings is 1. The molecule has 0 radical (unpaired) electrons. The average molecular weight is 220 g/mol. The van der Waals surface area contributed by atoms with Gasteiger partial charge in [0.05, 0.1) is 6.20 Å². The van der Waals surface area contributed by atoms with Crippen molar-refractivity contribution in [2.45, 2.75) is 11.6 Å². The lowest BCUT2D eigenvalue weighted by molar-refractivity contribution is 0.0529. The third-order valence-electron chi connectivity index (χ3n) is 1.98. The topological polar surface area (TPSA) is 27.1 Å². The zero-order valence-electron chi connectivity index (χ0n) is 8.46. The van der Waals surface area contributed by atoms with E-state index >= 15 is 0 Å². The van der Waals surface area contributed by atoms with Crippen LogP contribution in [0, 0.1) is 0 Å². The molecule has 0 saturated heterocycles.